The van der Waals surface area contributed by atoms with E-state index in [1.54, 1.807) is 6.07 Å². The fourth-order valence-corrected chi connectivity index (χ4v) is 3.40. The van der Waals surface area contributed by atoms with E-state index in [1.807, 2.05) is 37.2 Å². The molecule has 0 aromatic heterocycles. The molecule has 122 valence electrons. The molecule has 1 aliphatic heterocycles. The van der Waals surface area contributed by atoms with Gasteiger partial charge in [0.15, 0.2) is 0 Å². The van der Waals surface area contributed by atoms with Gasteiger partial charge in [0.25, 0.3) is 5.91 Å². The number of sulfonamides is 1. The van der Waals surface area contributed by atoms with Crippen LogP contribution in [0.25, 0.3) is 0 Å². The maximum absolute atomic E-state index is 12.3. The van der Waals surface area contributed by atoms with E-state index in [0.29, 0.717) is 31.5 Å². The number of anilines is 1. The summed E-state index contributed by atoms with van der Waals surface area (Å²) in [5.41, 5.74) is 1.59. The Hall–Kier alpha value is -1.60. The summed E-state index contributed by atoms with van der Waals surface area (Å²) in [5.74, 6) is -0.110. The van der Waals surface area contributed by atoms with Crippen LogP contribution < -0.4 is 10.2 Å². The molecule has 1 amide bonds. The van der Waals surface area contributed by atoms with Gasteiger partial charge in [0.2, 0.25) is 10.0 Å². The SMILES string of the molecule is CN(C)c1cccc(C(=O)NC2CCN(S(C)(=O)=O)CC2)c1. The Balaban J connectivity index is 1.95. The van der Waals surface area contributed by atoms with Crippen LogP contribution in [0.3, 0.4) is 0 Å². The number of nitrogens with one attached hydrogen (secondary N) is 1. The smallest absolute Gasteiger partial charge is 0.251 e. The van der Waals surface area contributed by atoms with Gasteiger partial charge in [-0.15, -0.1) is 0 Å². The molecule has 1 heterocycles. The van der Waals surface area contributed by atoms with Gasteiger partial charge in [-0.05, 0) is 31.0 Å². The number of rotatable bonds is 4. The molecule has 1 N–H and O–H groups in total. The number of piperidine rings is 1. The van der Waals surface area contributed by atoms with Crippen LogP contribution in [0.5, 0.6) is 0 Å². The highest BCUT2D eigenvalue weighted by molar-refractivity contribution is 7.88. The largest absolute Gasteiger partial charge is 0.378 e. The highest BCUT2D eigenvalue weighted by Crippen LogP contribution is 2.16. The van der Waals surface area contributed by atoms with Crippen molar-refractivity contribution in [3.63, 3.8) is 0 Å². The predicted octanol–water partition coefficient (Wildman–Crippen LogP) is 0.906. The lowest BCUT2D eigenvalue weighted by Crippen LogP contribution is -2.46. The zero-order valence-corrected chi connectivity index (χ0v) is 14.1. The Labute approximate surface area is 132 Å². The third-order valence-electron chi connectivity index (χ3n) is 3.88. The topological polar surface area (TPSA) is 69.7 Å². The molecule has 1 aromatic rings. The molecule has 6 nitrogen and oxygen atoms in total. The van der Waals surface area contributed by atoms with Crippen molar-refractivity contribution < 1.29 is 13.2 Å². The van der Waals surface area contributed by atoms with Crippen molar-refractivity contribution in [2.24, 2.45) is 0 Å². The number of carbonyl (C=O) groups is 1. The van der Waals surface area contributed by atoms with Crippen molar-refractivity contribution in [1.82, 2.24) is 9.62 Å². The number of benzene rings is 1. The second-order valence-corrected chi connectivity index (χ2v) is 7.84. The average molecular weight is 325 g/mol. The van der Waals surface area contributed by atoms with Crippen molar-refractivity contribution in [2.45, 2.75) is 18.9 Å². The maximum Gasteiger partial charge on any atom is 0.251 e. The van der Waals surface area contributed by atoms with Gasteiger partial charge in [-0.1, -0.05) is 6.07 Å². The van der Waals surface area contributed by atoms with Crippen LogP contribution in [0.15, 0.2) is 24.3 Å². The number of nitrogens with zero attached hydrogens (tertiary/aromatic N) is 2. The monoisotopic (exact) mass is 325 g/mol. The van der Waals surface area contributed by atoms with E-state index in [1.165, 1.54) is 10.6 Å². The van der Waals surface area contributed by atoms with Gasteiger partial charge in [0, 0.05) is 44.5 Å². The van der Waals surface area contributed by atoms with Crippen molar-refractivity contribution in [1.29, 1.82) is 0 Å². The van der Waals surface area contributed by atoms with Gasteiger partial charge in [-0.25, -0.2) is 12.7 Å². The minimum atomic E-state index is -3.13. The molecule has 0 aliphatic carbocycles. The van der Waals surface area contributed by atoms with E-state index >= 15 is 0 Å². The van der Waals surface area contributed by atoms with Crippen molar-refractivity contribution in [3.05, 3.63) is 29.8 Å². The zero-order chi connectivity index (χ0) is 16.3. The van der Waals surface area contributed by atoms with Crippen LogP contribution in [0.4, 0.5) is 5.69 Å². The summed E-state index contributed by atoms with van der Waals surface area (Å²) in [4.78, 5) is 14.3. The Kier molecular flexibility index (Phi) is 5.08. The molecule has 7 heteroatoms. The van der Waals surface area contributed by atoms with Crippen molar-refractivity contribution in [3.8, 4) is 0 Å². The molecule has 0 spiro atoms. The molecule has 0 radical (unpaired) electrons. The molecule has 1 saturated heterocycles. The molecule has 2 rings (SSSR count). The summed E-state index contributed by atoms with van der Waals surface area (Å²) in [5, 5.41) is 2.99. The minimum absolute atomic E-state index is 0.0218. The third-order valence-corrected chi connectivity index (χ3v) is 5.19. The van der Waals surface area contributed by atoms with E-state index in [2.05, 4.69) is 5.32 Å². The molecule has 0 unspecified atom stereocenters. The van der Waals surface area contributed by atoms with Crippen LogP contribution >= 0.6 is 0 Å². The number of amides is 1. The highest BCUT2D eigenvalue weighted by atomic mass is 32.2. The number of carbonyl (C=O) groups excluding carboxylic acids is 1. The van der Waals surface area contributed by atoms with Crippen LogP contribution in [0.2, 0.25) is 0 Å². The fourth-order valence-electron chi connectivity index (χ4n) is 2.53. The van der Waals surface area contributed by atoms with Crippen LogP contribution in [-0.4, -0.2) is 58.1 Å². The van der Waals surface area contributed by atoms with E-state index in [9.17, 15) is 13.2 Å². The van der Waals surface area contributed by atoms with Crippen LogP contribution in [0.1, 0.15) is 23.2 Å². The lowest BCUT2D eigenvalue weighted by molar-refractivity contribution is 0.0924. The molecule has 0 atom stereocenters. The summed E-state index contributed by atoms with van der Waals surface area (Å²) in [6.07, 6.45) is 2.51. The van der Waals surface area contributed by atoms with Gasteiger partial charge in [0.1, 0.15) is 0 Å². The molecular weight excluding hydrogens is 302 g/mol. The molecule has 1 aliphatic rings. The number of hydrogen-bond donors (Lipinski definition) is 1. The predicted molar refractivity (Wildman–Crippen MR) is 87.7 cm³/mol. The summed E-state index contributed by atoms with van der Waals surface area (Å²) in [6, 6.07) is 7.46. The number of hydrogen-bond acceptors (Lipinski definition) is 4. The minimum Gasteiger partial charge on any atom is -0.378 e. The van der Waals surface area contributed by atoms with Gasteiger partial charge in [-0.2, -0.15) is 0 Å². The molecular formula is C15H23N3O3S. The second kappa shape index (κ2) is 6.66. The Morgan fingerprint density at radius 3 is 2.45 bits per heavy atom. The maximum atomic E-state index is 12.3. The first-order valence-electron chi connectivity index (χ1n) is 7.31. The molecule has 0 saturated carbocycles. The standard InChI is InChI=1S/C15H23N3O3S/c1-17(2)14-6-4-5-12(11-14)15(19)16-13-7-9-18(10-8-13)22(3,20)21/h4-6,11,13H,7-10H2,1-3H3,(H,16,19). The molecule has 0 bridgehead atoms. The third kappa shape index (κ3) is 4.20. The molecule has 22 heavy (non-hydrogen) atoms. The van der Waals surface area contributed by atoms with Gasteiger partial charge in [0.05, 0.1) is 6.26 Å². The molecule has 1 fully saturated rings. The highest BCUT2D eigenvalue weighted by Gasteiger charge is 2.25. The van der Waals surface area contributed by atoms with Gasteiger partial charge < -0.3 is 10.2 Å². The average Bonchev–Trinajstić information content (AvgIpc) is 2.47. The first-order chi connectivity index (χ1) is 10.3. The Morgan fingerprint density at radius 2 is 1.91 bits per heavy atom. The Morgan fingerprint density at radius 1 is 1.27 bits per heavy atom. The summed E-state index contributed by atoms with van der Waals surface area (Å²) in [6.45, 7) is 0.920. The van der Waals surface area contributed by atoms with E-state index in [4.69, 9.17) is 0 Å². The van der Waals surface area contributed by atoms with Crippen LogP contribution in [0, 0.1) is 0 Å². The zero-order valence-electron chi connectivity index (χ0n) is 13.2. The second-order valence-electron chi connectivity index (χ2n) is 5.85. The Bertz CT molecular complexity index is 635. The summed E-state index contributed by atoms with van der Waals surface area (Å²) < 4.78 is 24.4. The van der Waals surface area contributed by atoms with E-state index in [0.717, 1.165) is 5.69 Å². The first kappa shape index (κ1) is 16.8. The van der Waals surface area contributed by atoms with Crippen LogP contribution in [-0.2, 0) is 10.0 Å². The van der Waals surface area contributed by atoms with E-state index < -0.39 is 10.0 Å². The van der Waals surface area contributed by atoms with Crippen molar-refractivity contribution in [2.75, 3.05) is 38.3 Å². The lowest BCUT2D eigenvalue weighted by Gasteiger charge is -2.30. The quantitative estimate of drug-likeness (QED) is 0.893. The van der Waals surface area contributed by atoms with E-state index in [-0.39, 0.29) is 11.9 Å². The summed E-state index contributed by atoms with van der Waals surface area (Å²) >= 11 is 0. The first-order valence-corrected chi connectivity index (χ1v) is 9.15. The normalized spacial score (nSPS) is 17.2. The van der Waals surface area contributed by atoms with Gasteiger partial charge >= 0.3 is 0 Å². The molecule has 1 aromatic carbocycles. The fraction of sp³-hybridized carbons (Fsp3) is 0.533. The lowest BCUT2D eigenvalue weighted by atomic mass is 10.1. The van der Waals surface area contributed by atoms with Crippen molar-refractivity contribution >= 4 is 21.6 Å². The van der Waals surface area contributed by atoms with Gasteiger partial charge in [-0.3, -0.25) is 4.79 Å². The summed E-state index contributed by atoms with van der Waals surface area (Å²) in [7, 11) is 0.727.